The summed E-state index contributed by atoms with van der Waals surface area (Å²) < 4.78 is 5.63. The maximum absolute atomic E-state index is 6.11. The van der Waals surface area contributed by atoms with Crippen LogP contribution in [0.1, 0.15) is 58.6 Å². The molecule has 0 saturated heterocycles. The number of hydrogen-bond acceptors (Lipinski definition) is 3. The molecule has 0 aliphatic carbocycles. The van der Waals surface area contributed by atoms with Crippen LogP contribution in [0, 0.1) is 0 Å². The first-order valence-electron chi connectivity index (χ1n) is 8.36. The van der Waals surface area contributed by atoms with Gasteiger partial charge in [-0.05, 0) is 50.9 Å². The number of hydrogen-bond donors (Lipinski definition) is 1. The van der Waals surface area contributed by atoms with Crippen molar-refractivity contribution in [3.05, 3.63) is 29.8 Å². The average Bonchev–Trinajstić information content (AvgIpc) is 2.51. The van der Waals surface area contributed by atoms with Crippen molar-refractivity contribution in [3.63, 3.8) is 0 Å². The van der Waals surface area contributed by atoms with Gasteiger partial charge >= 0.3 is 0 Å². The zero-order valence-corrected chi connectivity index (χ0v) is 14.1. The SMILES string of the molecule is CCCCN(C(C)CC)C(CN)c1cccc(OCC)c1. The predicted octanol–water partition coefficient (Wildman–Crippen LogP) is 3.99. The van der Waals surface area contributed by atoms with Gasteiger partial charge in [-0.2, -0.15) is 0 Å². The van der Waals surface area contributed by atoms with Crippen LogP contribution in [0.4, 0.5) is 0 Å². The second-order valence-electron chi connectivity index (χ2n) is 5.61. The Hall–Kier alpha value is -1.06. The summed E-state index contributed by atoms with van der Waals surface area (Å²) >= 11 is 0. The van der Waals surface area contributed by atoms with Crippen molar-refractivity contribution in [1.82, 2.24) is 4.90 Å². The number of rotatable bonds is 10. The minimum atomic E-state index is 0.270. The maximum Gasteiger partial charge on any atom is 0.119 e. The molecule has 3 nitrogen and oxygen atoms in total. The quantitative estimate of drug-likeness (QED) is 0.709. The van der Waals surface area contributed by atoms with Gasteiger partial charge in [-0.25, -0.2) is 0 Å². The Kier molecular flexibility index (Phi) is 8.40. The van der Waals surface area contributed by atoms with Gasteiger partial charge in [-0.15, -0.1) is 0 Å². The fraction of sp³-hybridized carbons (Fsp3) is 0.667. The van der Waals surface area contributed by atoms with Crippen molar-refractivity contribution in [1.29, 1.82) is 0 Å². The first kappa shape index (κ1) is 18.0. The fourth-order valence-electron chi connectivity index (χ4n) is 2.70. The highest BCUT2D eigenvalue weighted by Crippen LogP contribution is 2.26. The first-order valence-corrected chi connectivity index (χ1v) is 8.36. The van der Waals surface area contributed by atoms with Crippen LogP contribution >= 0.6 is 0 Å². The van der Waals surface area contributed by atoms with Crippen LogP contribution in [0.25, 0.3) is 0 Å². The number of nitrogens with two attached hydrogens (primary N) is 1. The van der Waals surface area contributed by atoms with Gasteiger partial charge in [-0.1, -0.05) is 32.4 Å². The van der Waals surface area contributed by atoms with Crippen LogP contribution in [0.15, 0.2) is 24.3 Å². The topological polar surface area (TPSA) is 38.5 Å². The average molecular weight is 292 g/mol. The molecule has 0 spiro atoms. The Balaban J connectivity index is 2.97. The second kappa shape index (κ2) is 9.80. The van der Waals surface area contributed by atoms with Crippen LogP contribution in [0.5, 0.6) is 5.75 Å². The minimum absolute atomic E-state index is 0.270. The third-order valence-electron chi connectivity index (χ3n) is 4.10. The van der Waals surface area contributed by atoms with Gasteiger partial charge in [0.2, 0.25) is 0 Å². The van der Waals surface area contributed by atoms with Gasteiger partial charge in [-0.3, -0.25) is 4.90 Å². The lowest BCUT2D eigenvalue weighted by atomic mass is 10.0. The summed E-state index contributed by atoms with van der Waals surface area (Å²) in [5, 5.41) is 0. The number of nitrogens with zero attached hydrogens (tertiary/aromatic N) is 1. The van der Waals surface area contributed by atoms with Crippen molar-refractivity contribution >= 4 is 0 Å². The van der Waals surface area contributed by atoms with E-state index in [9.17, 15) is 0 Å². The second-order valence-corrected chi connectivity index (χ2v) is 5.61. The van der Waals surface area contributed by atoms with Gasteiger partial charge in [0.25, 0.3) is 0 Å². The van der Waals surface area contributed by atoms with E-state index in [1.807, 2.05) is 13.0 Å². The summed E-state index contributed by atoms with van der Waals surface area (Å²) in [5.41, 5.74) is 7.38. The smallest absolute Gasteiger partial charge is 0.119 e. The molecule has 2 atom stereocenters. The summed E-state index contributed by atoms with van der Waals surface area (Å²) in [6.45, 7) is 11.2. The molecule has 0 aliphatic rings. The molecule has 1 rings (SSSR count). The Bertz CT molecular complexity index is 395. The first-order chi connectivity index (χ1) is 10.2. The monoisotopic (exact) mass is 292 g/mol. The Labute approximate surface area is 130 Å². The van der Waals surface area contributed by atoms with E-state index in [1.165, 1.54) is 18.4 Å². The van der Waals surface area contributed by atoms with E-state index in [2.05, 4.69) is 43.9 Å². The van der Waals surface area contributed by atoms with E-state index in [-0.39, 0.29) is 6.04 Å². The third kappa shape index (κ3) is 5.33. The molecule has 0 heterocycles. The number of ether oxygens (including phenoxy) is 1. The highest BCUT2D eigenvalue weighted by atomic mass is 16.5. The highest BCUT2D eigenvalue weighted by Gasteiger charge is 2.22. The lowest BCUT2D eigenvalue weighted by Crippen LogP contribution is -2.40. The molecule has 1 aromatic carbocycles. The van der Waals surface area contributed by atoms with E-state index in [1.54, 1.807) is 0 Å². The van der Waals surface area contributed by atoms with Crippen molar-refractivity contribution in [2.45, 2.75) is 59.0 Å². The van der Waals surface area contributed by atoms with E-state index >= 15 is 0 Å². The lowest BCUT2D eigenvalue weighted by Gasteiger charge is -2.36. The normalized spacial score (nSPS) is 14.2. The number of unbranched alkanes of at least 4 members (excludes halogenated alkanes) is 1. The van der Waals surface area contributed by atoms with Crippen LogP contribution < -0.4 is 10.5 Å². The van der Waals surface area contributed by atoms with Crippen molar-refractivity contribution in [2.75, 3.05) is 19.7 Å². The van der Waals surface area contributed by atoms with Crippen molar-refractivity contribution in [2.24, 2.45) is 5.73 Å². The molecule has 0 aliphatic heterocycles. The third-order valence-corrected chi connectivity index (χ3v) is 4.10. The largest absolute Gasteiger partial charge is 0.494 e. The molecule has 3 heteroatoms. The minimum Gasteiger partial charge on any atom is -0.494 e. The molecule has 2 unspecified atom stereocenters. The van der Waals surface area contributed by atoms with E-state index in [0.29, 0.717) is 19.2 Å². The molecular weight excluding hydrogens is 260 g/mol. The summed E-state index contributed by atoms with van der Waals surface area (Å²) in [6.07, 6.45) is 3.57. The molecule has 0 saturated carbocycles. The van der Waals surface area contributed by atoms with Crippen molar-refractivity contribution in [3.8, 4) is 5.75 Å². The zero-order valence-electron chi connectivity index (χ0n) is 14.1. The molecule has 0 radical (unpaired) electrons. The Morgan fingerprint density at radius 1 is 1.24 bits per heavy atom. The summed E-state index contributed by atoms with van der Waals surface area (Å²) in [5.74, 6) is 0.938. The Morgan fingerprint density at radius 3 is 2.57 bits per heavy atom. The predicted molar refractivity (Wildman–Crippen MR) is 90.8 cm³/mol. The van der Waals surface area contributed by atoms with Gasteiger partial charge in [0.1, 0.15) is 5.75 Å². The van der Waals surface area contributed by atoms with Crippen LogP contribution in [0.3, 0.4) is 0 Å². The van der Waals surface area contributed by atoms with Gasteiger partial charge < -0.3 is 10.5 Å². The van der Waals surface area contributed by atoms with Crippen LogP contribution in [-0.4, -0.2) is 30.6 Å². The number of benzene rings is 1. The van der Waals surface area contributed by atoms with Crippen LogP contribution in [-0.2, 0) is 0 Å². The van der Waals surface area contributed by atoms with E-state index in [4.69, 9.17) is 10.5 Å². The zero-order chi connectivity index (χ0) is 15.7. The summed E-state index contributed by atoms with van der Waals surface area (Å²) in [4.78, 5) is 2.55. The molecule has 1 aromatic rings. The Morgan fingerprint density at radius 2 is 2.00 bits per heavy atom. The molecule has 0 amide bonds. The fourth-order valence-corrected chi connectivity index (χ4v) is 2.70. The molecule has 0 fully saturated rings. The maximum atomic E-state index is 6.11. The van der Waals surface area contributed by atoms with Gasteiger partial charge in [0, 0.05) is 18.6 Å². The molecule has 2 N–H and O–H groups in total. The molecule has 0 aromatic heterocycles. The lowest BCUT2D eigenvalue weighted by molar-refractivity contribution is 0.140. The highest BCUT2D eigenvalue weighted by molar-refractivity contribution is 5.31. The van der Waals surface area contributed by atoms with E-state index in [0.717, 1.165) is 18.7 Å². The molecule has 120 valence electrons. The molecular formula is C18H32N2O. The molecule has 0 bridgehead atoms. The standard InChI is InChI=1S/C18H32N2O/c1-5-8-12-20(15(4)6-2)18(14-19)16-10-9-11-17(13-16)21-7-3/h9-11,13,15,18H,5-8,12,14,19H2,1-4H3. The summed E-state index contributed by atoms with van der Waals surface area (Å²) in [7, 11) is 0. The van der Waals surface area contributed by atoms with Gasteiger partial charge in [0.05, 0.1) is 6.61 Å². The van der Waals surface area contributed by atoms with E-state index < -0.39 is 0 Å². The molecule has 21 heavy (non-hydrogen) atoms. The van der Waals surface area contributed by atoms with Crippen molar-refractivity contribution < 1.29 is 4.74 Å². The summed E-state index contributed by atoms with van der Waals surface area (Å²) in [6, 6.07) is 9.20. The van der Waals surface area contributed by atoms with Crippen LogP contribution in [0.2, 0.25) is 0 Å². The van der Waals surface area contributed by atoms with Gasteiger partial charge in [0.15, 0.2) is 0 Å².